The van der Waals surface area contributed by atoms with Gasteiger partial charge in [0.25, 0.3) is 0 Å². The summed E-state index contributed by atoms with van der Waals surface area (Å²) in [5, 5.41) is 4.88. The molecule has 0 saturated carbocycles. The number of nitrogens with zero attached hydrogens (tertiary/aromatic N) is 4. The van der Waals surface area contributed by atoms with E-state index in [0.717, 1.165) is 16.8 Å². The molecule has 32 heavy (non-hydrogen) atoms. The SMILES string of the molecule is CCn1nc(Cl)c2c1-c1cnc(N)c(c1)O[C@H](C)c1cc(F)ccc1-c1oc(C)nc1C2. The van der Waals surface area contributed by atoms with E-state index in [1.165, 1.54) is 12.1 Å². The zero-order valence-corrected chi connectivity index (χ0v) is 18.6. The molecule has 4 aromatic rings. The number of ether oxygens (including phenoxy) is 1. The van der Waals surface area contributed by atoms with E-state index in [-0.39, 0.29) is 11.6 Å². The third kappa shape index (κ3) is 3.31. The maximum Gasteiger partial charge on any atom is 0.192 e. The Bertz CT molecular complexity index is 1350. The van der Waals surface area contributed by atoms with Gasteiger partial charge in [-0.15, -0.1) is 0 Å². The molecular formula is C23H21ClFN5O2. The number of nitrogens with two attached hydrogens (primary N) is 1. The van der Waals surface area contributed by atoms with Crippen LogP contribution in [0.15, 0.2) is 34.9 Å². The van der Waals surface area contributed by atoms with E-state index in [1.807, 2.05) is 24.6 Å². The first-order valence-electron chi connectivity index (χ1n) is 10.3. The van der Waals surface area contributed by atoms with E-state index in [9.17, 15) is 4.39 Å². The first-order chi connectivity index (χ1) is 15.4. The molecule has 0 amide bonds. The zero-order valence-electron chi connectivity index (χ0n) is 17.8. The fourth-order valence-electron chi connectivity index (χ4n) is 4.16. The van der Waals surface area contributed by atoms with Crippen LogP contribution < -0.4 is 10.5 Å². The number of fused-ring (bicyclic) bond motifs is 7. The standard InChI is InChI=1S/C23H21ClFN5O2/c1-4-30-20-13-7-19(23(26)27-10-13)31-11(2)16-8-14(25)5-6-15(16)21-18(28-12(3)32-21)9-17(20)22(24)29-30/h5-8,10-11H,4,9H2,1-3H3,(H2,26,27)/t11-/m1/s1. The normalized spacial score (nSPS) is 15.1. The van der Waals surface area contributed by atoms with Crippen molar-refractivity contribution in [1.82, 2.24) is 19.7 Å². The second-order valence-electron chi connectivity index (χ2n) is 7.72. The molecule has 1 aliphatic heterocycles. The van der Waals surface area contributed by atoms with Crippen LogP contribution in [-0.4, -0.2) is 19.7 Å². The minimum atomic E-state index is -0.531. The minimum Gasteiger partial charge on any atom is -0.482 e. The summed E-state index contributed by atoms with van der Waals surface area (Å²) >= 11 is 6.58. The number of hydrogen-bond acceptors (Lipinski definition) is 6. The topological polar surface area (TPSA) is 92.0 Å². The van der Waals surface area contributed by atoms with Crippen molar-refractivity contribution < 1.29 is 13.5 Å². The van der Waals surface area contributed by atoms with E-state index in [4.69, 9.17) is 26.5 Å². The summed E-state index contributed by atoms with van der Waals surface area (Å²) in [5.41, 5.74) is 10.5. The summed E-state index contributed by atoms with van der Waals surface area (Å²) < 4.78 is 28.2. The summed E-state index contributed by atoms with van der Waals surface area (Å²) in [6.45, 7) is 6.21. The molecule has 3 aromatic heterocycles. The first-order valence-corrected chi connectivity index (χ1v) is 10.7. The van der Waals surface area contributed by atoms with Crippen LogP contribution in [0.25, 0.3) is 22.6 Å². The van der Waals surface area contributed by atoms with Crippen molar-refractivity contribution >= 4 is 17.4 Å². The number of anilines is 1. The highest BCUT2D eigenvalue weighted by molar-refractivity contribution is 6.30. The lowest BCUT2D eigenvalue weighted by atomic mass is 9.97. The molecule has 0 spiro atoms. The smallest absolute Gasteiger partial charge is 0.192 e. The van der Waals surface area contributed by atoms with Gasteiger partial charge in [-0.05, 0) is 38.1 Å². The highest BCUT2D eigenvalue weighted by atomic mass is 35.5. The van der Waals surface area contributed by atoms with Crippen molar-refractivity contribution in [2.75, 3.05) is 5.73 Å². The summed E-state index contributed by atoms with van der Waals surface area (Å²) in [6.07, 6.45) is 1.52. The molecule has 7 nitrogen and oxygen atoms in total. The van der Waals surface area contributed by atoms with Gasteiger partial charge in [-0.3, -0.25) is 4.68 Å². The van der Waals surface area contributed by atoms with Gasteiger partial charge in [-0.2, -0.15) is 5.10 Å². The van der Waals surface area contributed by atoms with Gasteiger partial charge in [0.1, 0.15) is 11.9 Å². The molecule has 9 heteroatoms. The third-order valence-corrected chi connectivity index (χ3v) is 5.91. The van der Waals surface area contributed by atoms with Crippen LogP contribution in [0.3, 0.4) is 0 Å². The van der Waals surface area contributed by atoms with Gasteiger partial charge in [0.05, 0.1) is 11.4 Å². The Kier molecular flexibility index (Phi) is 4.89. The molecule has 5 rings (SSSR count). The summed E-state index contributed by atoms with van der Waals surface area (Å²) in [5.74, 6) is 1.31. The van der Waals surface area contributed by atoms with Crippen LogP contribution in [0.5, 0.6) is 5.75 Å². The number of rotatable bonds is 1. The van der Waals surface area contributed by atoms with Gasteiger partial charge in [0, 0.05) is 48.3 Å². The van der Waals surface area contributed by atoms with Crippen LogP contribution in [0.2, 0.25) is 5.15 Å². The lowest BCUT2D eigenvalue weighted by Crippen LogP contribution is -2.09. The molecule has 1 aromatic carbocycles. The average molecular weight is 454 g/mol. The maximum atomic E-state index is 14.2. The highest BCUT2D eigenvalue weighted by Crippen LogP contribution is 2.40. The minimum absolute atomic E-state index is 0.238. The van der Waals surface area contributed by atoms with Crippen molar-refractivity contribution in [1.29, 1.82) is 0 Å². The molecule has 0 unspecified atom stereocenters. The van der Waals surface area contributed by atoms with E-state index in [1.54, 1.807) is 19.2 Å². The predicted molar refractivity (Wildman–Crippen MR) is 119 cm³/mol. The maximum absolute atomic E-state index is 14.2. The van der Waals surface area contributed by atoms with Crippen LogP contribution in [-0.2, 0) is 13.0 Å². The second kappa shape index (κ2) is 7.63. The number of aromatic nitrogens is 4. The number of nitrogen functional groups attached to an aromatic ring is 1. The first kappa shape index (κ1) is 20.5. The van der Waals surface area contributed by atoms with E-state index in [0.29, 0.717) is 52.3 Å². The Morgan fingerprint density at radius 3 is 2.91 bits per heavy atom. The zero-order chi connectivity index (χ0) is 22.6. The van der Waals surface area contributed by atoms with Crippen LogP contribution >= 0.6 is 11.6 Å². The molecule has 0 aliphatic carbocycles. The van der Waals surface area contributed by atoms with E-state index in [2.05, 4.69) is 15.1 Å². The fourth-order valence-corrected chi connectivity index (χ4v) is 4.40. The molecule has 2 bridgehead atoms. The van der Waals surface area contributed by atoms with E-state index < -0.39 is 6.10 Å². The Morgan fingerprint density at radius 1 is 1.31 bits per heavy atom. The Labute approximate surface area is 189 Å². The molecule has 0 fully saturated rings. The molecule has 2 N–H and O–H groups in total. The number of halogens is 2. The van der Waals surface area contributed by atoms with Gasteiger partial charge >= 0.3 is 0 Å². The van der Waals surface area contributed by atoms with Crippen molar-refractivity contribution in [3.8, 4) is 28.3 Å². The lowest BCUT2D eigenvalue weighted by Gasteiger charge is -2.20. The molecule has 0 radical (unpaired) electrons. The highest BCUT2D eigenvalue weighted by Gasteiger charge is 2.27. The van der Waals surface area contributed by atoms with Crippen molar-refractivity contribution in [3.63, 3.8) is 0 Å². The van der Waals surface area contributed by atoms with Crippen LogP contribution in [0.4, 0.5) is 10.2 Å². The van der Waals surface area contributed by atoms with E-state index >= 15 is 0 Å². The lowest BCUT2D eigenvalue weighted by molar-refractivity contribution is 0.227. The number of benzene rings is 1. The number of aryl methyl sites for hydroxylation is 2. The van der Waals surface area contributed by atoms with Crippen molar-refractivity contribution in [2.24, 2.45) is 0 Å². The quantitative estimate of drug-likeness (QED) is 0.418. The van der Waals surface area contributed by atoms with Gasteiger partial charge in [-0.25, -0.2) is 14.4 Å². The Hall–Kier alpha value is -3.39. The van der Waals surface area contributed by atoms with Crippen molar-refractivity contribution in [3.05, 3.63) is 64.1 Å². The summed E-state index contributed by atoms with van der Waals surface area (Å²) in [7, 11) is 0. The van der Waals surface area contributed by atoms with Gasteiger partial charge < -0.3 is 14.9 Å². The molecule has 0 saturated heterocycles. The molecular weight excluding hydrogens is 433 g/mol. The average Bonchev–Trinajstić information content (AvgIpc) is 3.28. The molecule has 4 heterocycles. The second-order valence-corrected chi connectivity index (χ2v) is 8.08. The number of oxazole rings is 1. The Balaban J connectivity index is 1.84. The Morgan fingerprint density at radius 2 is 2.12 bits per heavy atom. The van der Waals surface area contributed by atoms with Gasteiger partial charge in [0.2, 0.25) is 0 Å². The third-order valence-electron chi connectivity index (χ3n) is 5.60. The van der Waals surface area contributed by atoms with Crippen LogP contribution in [0, 0.1) is 12.7 Å². The summed E-state index contributed by atoms with van der Waals surface area (Å²) in [4.78, 5) is 8.94. The van der Waals surface area contributed by atoms with Crippen molar-refractivity contribution in [2.45, 2.75) is 39.8 Å². The summed E-state index contributed by atoms with van der Waals surface area (Å²) in [6, 6.07) is 6.32. The molecule has 1 atom stereocenters. The van der Waals surface area contributed by atoms with Gasteiger partial charge in [0.15, 0.2) is 28.4 Å². The number of hydrogen-bond donors (Lipinski definition) is 1. The number of pyridine rings is 1. The predicted octanol–water partition coefficient (Wildman–Crippen LogP) is 5.35. The monoisotopic (exact) mass is 453 g/mol. The van der Waals surface area contributed by atoms with Gasteiger partial charge in [-0.1, -0.05) is 11.6 Å². The largest absolute Gasteiger partial charge is 0.482 e. The fraction of sp³-hybridized carbons (Fsp3) is 0.261. The molecule has 164 valence electrons. The van der Waals surface area contributed by atoms with Crippen LogP contribution in [0.1, 0.15) is 42.7 Å². The molecule has 1 aliphatic rings.